The maximum atomic E-state index is 13.5. The van der Waals surface area contributed by atoms with E-state index in [-0.39, 0.29) is 30.0 Å². The van der Waals surface area contributed by atoms with Gasteiger partial charge < -0.3 is 10.1 Å². The van der Waals surface area contributed by atoms with Crippen LogP contribution in [0.4, 0.5) is 10.1 Å². The molecule has 0 aliphatic heterocycles. The topological polar surface area (TPSA) is 108 Å². The molecule has 2 aromatic heterocycles. The van der Waals surface area contributed by atoms with Crippen molar-refractivity contribution in [2.24, 2.45) is 0 Å². The highest BCUT2D eigenvalue weighted by Crippen LogP contribution is 2.28. The van der Waals surface area contributed by atoms with E-state index in [1.165, 1.54) is 35.0 Å². The van der Waals surface area contributed by atoms with Gasteiger partial charge in [0, 0.05) is 17.3 Å². The number of anilines is 1. The minimum Gasteiger partial charge on any atom is -0.462 e. The van der Waals surface area contributed by atoms with Gasteiger partial charge in [0.15, 0.2) is 5.65 Å². The lowest BCUT2D eigenvalue weighted by Crippen LogP contribution is -2.28. The lowest BCUT2D eigenvalue weighted by Gasteiger charge is -2.10. The molecule has 0 fully saturated rings. The molecule has 9 nitrogen and oxygen atoms in total. The van der Waals surface area contributed by atoms with Crippen molar-refractivity contribution in [2.75, 3.05) is 11.9 Å². The molecule has 0 aliphatic rings. The maximum absolute atomic E-state index is 13.5. The summed E-state index contributed by atoms with van der Waals surface area (Å²) in [4.78, 5) is 42.3. The number of halogens is 1. The normalized spacial score (nSPS) is 10.8. The van der Waals surface area contributed by atoms with Crippen LogP contribution in [0.25, 0.3) is 5.65 Å². The molecule has 11 heteroatoms. The third-order valence-corrected chi connectivity index (χ3v) is 5.44. The molecular weight excluding hydrogens is 449 g/mol. The van der Waals surface area contributed by atoms with E-state index in [1.807, 2.05) is 0 Å². The number of carbonyl (C=O) groups excluding carboxylic acids is 2. The zero-order chi connectivity index (χ0) is 23.4. The first-order chi connectivity index (χ1) is 16.0. The second-order valence-corrected chi connectivity index (χ2v) is 7.80. The van der Waals surface area contributed by atoms with Gasteiger partial charge in [-0.2, -0.15) is 0 Å². The van der Waals surface area contributed by atoms with E-state index < -0.39 is 23.4 Å². The van der Waals surface area contributed by atoms with Gasteiger partial charge in [-0.25, -0.2) is 28.0 Å². The molecule has 0 atom stereocenters. The van der Waals surface area contributed by atoms with Crippen LogP contribution >= 0.6 is 11.8 Å². The van der Waals surface area contributed by atoms with Gasteiger partial charge in [0.25, 0.3) is 0 Å². The number of fused-ring (bicyclic) bond motifs is 1. The van der Waals surface area contributed by atoms with Gasteiger partial charge in [-0.05, 0) is 37.3 Å². The first kappa shape index (κ1) is 22.2. The van der Waals surface area contributed by atoms with Crippen LogP contribution in [0.3, 0.4) is 0 Å². The summed E-state index contributed by atoms with van der Waals surface area (Å²) in [5.74, 6) is -1.51. The molecule has 1 N–H and O–H groups in total. The molecule has 4 aromatic rings. The van der Waals surface area contributed by atoms with E-state index in [0.717, 1.165) is 16.4 Å². The lowest BCUT2D eigenvalue weighted by molar-refractivity contribution is -0.117. The number of aromatic nitrogens is 4. The van der Waals surface area contributed by atoms with Crippen LogP contribution in [-0.2, 0) is 16.1 Å². The average molecular weight is 467 g/mol. The predicted molar refractivity (Wildman–Crippen MR) is 119 cm³/mol. The highest BCUT2D eigenvalue weighted by molar-refractivity contribution is 7.99. The van der Waals surface area contributed by atoms with E-state index in [0.29, 0.717) is 9.92 Å². The van der Waals surface area contributed by atoms with Crippen LogP contribution in [-0.4, -0.2) is 37.6 Å². The van der Waals surface area contributed by atoms with Gasteiger partial charge in [0.1, 0.15) is 17.4 Å². The van der Waals surface area contributed by atoms with E-state index in [2.05, 4.69) is 15.4 Å². The summed E-state index contributed by atoms with van der Waals surface area (Å²) in [7, 11) is 0. The van der Waals surface area contributed by atoms with Gasteiger partial charge in [0.2, 0.25) is 5.91 Å². The molecule has 0 saturated carbocycles. The Labute approximate surface area is 191 Å². The third-order valence-electron chi connectivity index (χ3n) is 4.47. The largest absolute Gasteiger partial charge is 0.462 e. The van der Waals surface area contributed by atoms with Crippen molar-refractivity contribution in [1.82, 2.24) is 19.2 Å². The summed E-state index contributed by atoms with van der Waals surface area (Å²) in [6.45, 7) is 1.49. The van der Waals surface area contributed by atoms with Gasteiger partial charge in [0.05, 0.1) is 17.9 Å². The highest BCUT2D eigenvalue weighted by atomic mass is 32.2. The highest BCUT2D eigenvalue weighted by Gasteiger charge is 2.17. The smallest absolute Gasteiger partial charge is 0.350 e. The van der Waals surface area contributed by atoms with Crippen molar-refractivity contribution >= 4 is 35.0 Å². The molecule has 0 bridgehead atoms. The van der Waals surface area contributed by atoms with Crippen molar-refractivity contribution in [2.45, 2.75) is 23.4 Å². The van der Waals surface area contributed by atoms with Gasteiger partial charge in [-0.15, -0.1) is 5.10 Å². The van der Waals surface area contributed by atoms with Crippen LogP contribution in [0.1, 0.15) is 17.3 Å². The van der Waals surface area contributed by atoms with Crippen molar-refractivity contribution in [3.8, 4) is 0 Å². The maximum Gasteiger partial charge on any atom is 0.350 e. The summed E-state index contributed by atoms with van der Waals surface area (Å²) in [5.41, 5.74) is 0.161. The fourth-order valence-electron chi connectivity index (χ4n) is 3.05. The molecule has 4 rings (SSSR count). The molecule has 2 aromatic carbocycles. The fourth-order valence-corrected chi connectivity index (χ4v) is 3.93. The molecule has 168 valence electrons. The van der Waals surface area contributed by atoms with Crippen molar-refractivity contribution < 1.29 is 18.7 Å². The van der Waals surface area contributed by atoms with E-state index in [1.54, 1.807) is 37.3 Å². The Kier molecular flexibility index (Phi) is 6.50. The number of hydrogen-bond donors (Lipinski definition) is 1. The minimum absolute atomic E-state index is 0.196. The predicted octanol–water partition coefficient (Wildman–Crippen LogP) is 3.00. The third kappa shape index (κ3) is 4.93. The van der Waals surface area contributed by atoms with Gasteiger partial charge >= 0.3 is 11.7 Å². The van der Waals surface area contributed by atoms with Crippen LogP contribution in [0.2, 0.25) is 0 Å². The van der Waals surface area contributed by atoms with Crippen LogP contribution in [0.15, 0.2) is 75.6 Å². The first-order valence-corrected chi connectivity index (χ1v) is 10.7. The number of nitrogens with zero attached hydrogens (tertiary/aromatic N) is 4. The van der Waals surface area contributed by atoms with Crippen LogP contribution < -0.4 is 11.0 Å². The van der Waals surface area contributed by atoms with Crippen molar-refractivity contribution in [3.05, 3.63) is 82.8 Å². The standard InChI is InChI=1S/C22H18FN5O4S/c1-2-32-21(30)16-8-3-4-9-17(16)25-18(29)13-28-22(31)27-11-10-24-20(19(27)26-28)33-15-7-5-6-14(23)12-15/h3-12H,2,13H2,1H3,(H,25,29). The minimum atomic E-state index is -0.566. The fraction of sp³-hybridized carbons (Fsp3) is 0.136. The Hall–Kier alpha value is -3.99. The zero-order valence-corrected chi connectivity index (χ0v) is 18.2. The number of para-hydroxylation sites is 1. The number of esters is 1. The van der Waals surface area contributed by atoms with E-state index in [4.69, 9.17) is 4.74 Å². The van der Waals surface area contributed by atoms with E-state index >= 15 is 0 Å². The Morgan fingerprint density at radius 2 is 2.00 bits per heavy atom. The van der Waals surface area contributed by atoms with Crippen molar-refractivity contribution in [1.29, 1.82) is 0 Å². The average Bonchev–Trinajstić information content (AvgIpc) is 3.10. The molecule has 0 radical (unpaired) electrons. The molecule has 0 unspecified atom stereocenters. The second kappa shape index (κ2) is 9.65. The van der Waals surface area contributed by atoms with Gasteiger partial charge in [-0.3, -0.25) is 4.79 Å². The zero-order valence-electron chi connectivity index (χ0n) is 17.4. The second-order valence-electron chi connectivity index (χ2n) is 6.74. The molecule has 0 spiro atoms. The molecule has 0 saturated heterocycles. The summed E-state index contributed by atoms with van der Waals surface area (Å²) in [5, 5.41) is 7.24. The van der Waals surface area contributed by atoms with Crippen molar-refractivity contribution in [3.63, 3.8) is 0 Å². The number of amides is 1. The number of benzene rings is 2. The molecular formula is C22H18FN5O4S. The van der Waals surface area contributed by atoms with Gasteiger partial charge in [-0.1, -0.05) is 30.0 Å². The Bertz CT molecular complexity index is 1400. The Balaban J connectivity index is 1.58. The number of ether oxygens (including phenoxy) is 1. The number of carbonyl (C=O) groups is 2. The van der Waals surface area contributed by atoms with Crippen LogP contribution in [0.5, 0.6) is 0 Å². The SMILES string of the molecule is CCOC(=O)c1ccccc1NC(=O)Cn1nc2c(Sc3cccc(F)c3)nccn2c1=O. The Morgan fingerprint density at radius 1 is 1.18 bits per heavy atom. The summed E-state index contributed by atoms with van der Waals surface area (Å²) in [6, 6.07) is 12.4. The Morgan fingerprint density at radius 3 is 2.79 bits per heavy atom. The summed E-state index contributed by atoms with van der Waals surface area (Å²) >= 11 is 1.15. The molecule has 1 amide bonds. The summed E-state index contributed by atoms with van der Waals surface area (Å²) in [6.07, 6.45) is 2.86. The van der Waals surface area contributed by atoms with E-state index in [9.17, 15) is 18.8 Å². The quantitative estimate of drug-likeness (QED) is 0.416. The molecule has 0 aliphatic carbocycles. The summed E-state index contributed by atoms with van der Waals surface area (Å²) < 4.78 is 20.8. The lowest BCUT2D eigenvalue weighted by atomic mass is 10.2. The number of nitrogens with one attached hydrogen (secondary N) is 1. The molecule has 33 heavy (non-hydrogen) atoms. The van der Waals surface area contributed by atoms with Crippen LogP contribution in [0, 0.1) is 5.82 Å². The number of hydrogen-bond acceptors (Lipinski definition) is 7. The first-order valence-electron chi connectivity index (χ1n) is 9.90. The monoisotopic (exact) mass is 467 g/mol. The molecule has 2 heterocycles. The number of rotatable bonds is 7.